The number of pyridine rings is 1. The smallest absolute Gasteiger partial charge is 0.486 e. The Morgan fingerprint density at radius 2 is 1.56 bits per heavy atom. The van der Waals surface area contributed by atoms with E-state index in [1.165, 1.54) is 0 Å². The van der Waals surface area contributed by atoms with Gasteiger partial charge in [-0.25, -0.2) is 9.59 Å². The fraction of sp³-hybridized carbons (Fsp3) is 0.667. The van der Waals surface area contributed by atoms with Gasteiger partial charge >= 0.3 is 24.3 Å². The average Bonchev–Trinajstić information content (AvgIpc) is 3.23. The van der Waals surface area contributed by atoms with Crippen molar-refractivity contribution in [3.05, 3.63) is 24.5 Å². The number of carbonyl (C=O) groups is 2. The third-order valence-corrected chi connectivity index (χ3v) is 5.65. The number of morpholine rings is 1. The number of nitrogens with zero attached hydrogens (tertiary/aromatic N) is 2. The molecule has 3 aliphatic rings. The van der Waals surface area contributed by atoms with Crippen molar-refractivity contribution in [2.75, 3.05) is 26.4 Å². The highest BCUT2D eigenvalue weighted by atomic mass is 19.4. The Morgan fingerprint density at radius 1 is 0.972 bits per heavy atom. The summed E-state index contributed by atoms with van der Waals surface area (Å²) in [5.41, 5.74) is 0. The number of hydrogen-bond acceptors (Lipinski definition) is 7. The SMILES string of the molecule is O=C(O)C(F)(F)F.O=C(O)C(F)(F)F.c1cncc(O[C@@H]2CC[C@H]3[C@H]2OCCN3C2CCOCC2)c1. The average molecular weight is 532 g/mol. The summed E-state index contributed by atoms with van der Waals surface area (Å²) in [5, 5.41) is 14.2. The standard InChI is InChI=1S/C17H24N2O3.2C2HF3O2/c1-2-14(12-18-7-1)22-16-4-3-15-17(16)21-11-8-19(15)13-5-9-20-10-6-13;2*3-2(4,5)1(6)7/h1-2,7,12-13,15-17H,3-6,8-11H2;2*(H,6,7)/t15-,16+,17+;;/m0../s1. The third kappa shape index (κ3) is 9.09. The summed E-state index contributed by atoms with van der Waals surface area (Å²) < 4.78 is 81.2. The van der Waals surface area contributed by atoms with Gasteiger partial charge in [0.25, 0.3) is 0 Å². The molecule has 1 aromatic heterocycles. The van der Waals surface area contributed by atoms with E-state index in [4.69, 9.17) is 34.0 Å². The van der Waals surface area contributed by atoms with Crippen LogP contribution in [0.5, 0.6) is 5.75 Å². The topological polar surface area (TPSA) is 118 Å². The van der Waals surface area contributed by atoms with Gasteiger partial charge in [-0.05, 0) is 37.8 Å². The first-order chi connectivity index (χ1) is 16.8. The van der Waals surface area contributed by atoms with Gasteiger partial charge in [0.2, 0.25) is 0 Å². The Bertz CT molecular complexity index is 810. The molecule has 0 amide bonds. The van der Waals surface area contributed by atoms with Crippen molar-refractivity contribution in [1.29, 1.82) is 0 Å². The number of ether oxygens (including phenoxy) is 3. The van der Waals surface area contributed by atoms with Crippen LogP contribution in [0.1, 0.15) is 25.7 Å². The summed E-state index contributed by atoms with van der Waals surface area (Å²) in [6.07, 6.45) is -1.75. The van der Waals surface area contributed by atoms with Crippen molar-refractivity contribution >= 4 is 11.9 Å². The van der Waals surface area contributed by atoms with Crippen molar-refractivity contribution in [2.24, 2.45) is 0 Å². The molecule has 0 aromatic carbocycles. The second-order valence-electron chi connectivity index (χ2n) is 8.01. The lowest BCUT2D eigenvalue weighted by Gasteiger charge is -2.44. The van der Waals surface area contributed by atoms with Crippen LogP contribution in [0.3, 0.4) is 0 Å². The monoisotopic (exact) mass is 532 g/mol. The molecule has 2 N–H and O–H groups in total. The molecule has 2 aliphatic heterocycles. The van der Waals surface area contributed by atoms with Crippen LogP contribution in [0.15, 0.2) is 24.5 Å². The van der Waals surface area contributed by atoms with E-state index in [1.54, 1.807) is 12.4 Å². The normalized spacial score (nSPS) is 24.9. The van der Waals surface area contributed by atoms with Crippen LogP contribution in [0, 0.1) is 0 Å². The summed E-state index contributed by atoms with van der Waals surface area (Å²) in [6.45, 7) is 3.65. The highest BCUT2D eigenvalue weighted by Crippen LogP contribution is 2.35. The van der Waals surface area contributed by atoms with Crippen LogP contribution < -0.4 is 4.74 Å². The molecule has 0 spiro atoms. The van der Waals surface area contributed by atoms with Crippen molar-refractivity contribution in [3.63, 3.8) is 0 Å². The van der Waals surface area contributed by atoms with Gasteiger partial charge in [-0.2, -0.15) is 26.3 Å². The molecule has 3 atom stereocenters. The van der Waals surface area contributed by atoms with E-state index in [0.29, 0.717) is 12.1 Å². The van der Waals surface area contributed by atoms with E-state index in [2.05, 4.69) is 9.88 Å². The van der Waals surface area contributed by atoms with Gasteiger partial charge in [-0.1, -0.05) is 0 Å². The Labute approximate surface area is 201 Å². The summed E-state index contributed by atoms with van der Waals surface area (Å²) >= 11 is 0. The maximum atomic E-state index is 10.6. The van der Waals surface area contributed by atoms with Gasteiger partial charge in [-0.3, -0.25) is 9.88 Å². The molecule has 2 saturated heterocycles. The first-order valence-electron chi connectivity index (χ1n) is 10.9. The molecule has 4 rings (SSSR count). The van der Waals surface area contributed by atoms with Gasteiger partial charge < -0.3 is 24.4 Å². The molecule has 3 fully saturated rings. The lowest BCUT2D eigenvalue weighted by molar-refractivity contribution is -0.193. The molecule has 9 nitrogen and oxygen atoms in total. The molecule has 0 unspecified atom stereocenters. The molecule has 1 aliphatic carbocycles. The van der Waals surface area contributed by atoms with Gasteiger partial charge in [-0.15, -0.1) is 0 Å². The molecule has 1 aromatic rings. The summed E-state index contributed by atoms with van der Waals surface area (Å²) in [6, 6.07) is 5.04. The van der Waals surface area contributed by atoms with Gasteiger partial charge in [0.05, 0.1) is 12.8 Å². The Morgan fingerprint density at radius 3 is 2.06 bits per heavy atom. The second-order valence-corrected chi connectivity index (χ2v) is 8.01. The number of fused-ring (bicyclic) bond motifs is 1. The maximum Gasteiger partial charge on any atom is 0.490 e. The van der Waals surface area contributed by atoms with Crippen molar-refractivity contribution < 1.29 is 60.4 Å². The summed E-state index contributed by atoms with van der Waals surface area (Å²) in [4.78, 5) is 24.6. The van der Waals surface area contributed by atoms with E-state index >= 15 is 0 Å². The molecule has 204 valence electrons. The highest BCUT2D eigenvalue weighted by molar-refractivity contribution is 5.73. The minimum atomic E-state index is -5.08. The van der Waals surface area contributed by atoms with Crippen LogP contribution in [0.2, 0.25) is 0 Å². The van der Waals surface area contributed by atoms with Crippen LogP contribution >= 0.6 is 0 Å². The quantitative estimate of drug-likeness (QED) is 0.566. The predicted octanol–water partition coefficient (Wildman–Crippen LogP) is 3.14. The highest BCUT2D eigenvalue weighted by Gasteiger charge is 2.46. The summed E-state index contributed by atoms with van der Waals surface area (Å²) in [7, 11) is 0. The molecule has 0 bridgehead atoms. The second kappa shape index (κ2) is 13.1. The van der Waals surface area contributed by atoms with Crippen LogP contribution in [-0.4, -0.2) is 95.0 Å². The zero-order valence-electron chi connectivity index (χ0n) is 18.9. The van der Waals surface area contributed by atoms with Crippen molar-refractivity contribution in [2.45, 2.75) is 62.3 Å². The molecule has 1 saturated carbocycles. The van der Waals surface area contributed by atoms with Crippen molar-refractivity contribution in [3.8, 4) is 5.75 Å². The number of hydrogen-bond donors (Lipinski definition) is 2. The Balaban J connectivity index is 0.000000271. The lowest BCUT2D eigenvalue weighted by Crippen LogP contribution is -2.56. The minimum Gasteiger partial charge on any atom is -0.486 e. The molecule has 3 heterocycles. The zero-order chi connectivity index (χ0) is 26.9. The predicted molar refractivity (Wildman–Crippen MR) is 109 cm³/mol. The van der Waals surface area contributed by atoms with Crippen LogP contribution in [0.25, 0.3) is 0 Å². The third-order valence-electron chi connectivity index (χ3n) is 5.65. The number of alkyl halides is 6. The van der Waals surface area contributed by atoms with Gasteiger partial charge in [0.1, 0.15) is 18.0 Å². The number of rotatable bonds is 3. The molecule has 15 heteroatoms. The van der Waals surface area contributed by atoms with Crippen LogP contribution in [0.4, 0.5) is 26.3 Å². The van der Waals surface area contributed by atoms with E-state index < -0.39 is 24.3 Å². The fourth-order valence-corrected chi connectivity index (χ4v) is 4.13. The van der Waals surface area contributed by atoms with E-state index in [-0.39, 0.29) is 12.2 Å². The zero-order valence-corrected chi connectivity index (χ0v) is 18.9. The number of halogens is 6. The number of carboxylic acid groups (broad SMARTS) is 2. The maximum absolute atomic E-state index is 10.6. The van der Waals surface area contributed by atoms with Crippen molar-refractivity contribution in [1.82, 2.24) is 9.88 Å². The minimum absolute atomic E-state index is 0.150. The van der Waals surface area contributed by atoms with E-state index in [1.807, 2.05) is 12.1 Å². The Kier molecular flexibility index (Phi) is 10.7. The molecular formula is C21H26F6N2O7. The fourth-order valence-electron chi connectivity index (χ4n) is 4.13. The van der Waals surface area contributed by atoms with E-state index in [9.17, 15) is 26.3 Å². The van der Waals surface area contributed by atoms with Gasteiger partial charge in [0.15, 0.2) is 0 Å². The molecule has 36 heavy (non-hydrogen) atoms. The number of aliphatic carboxylic acids is 2. The summed E-state index contributed by atoms with van der Waals surface area (Å²) in [5.74, 6) is -4.67. The lowest BCUT2D eigenvalue weighted by atomic mass is 10.0. The Hall–Kier alpha value is -2.65. The van der Waals surface area contributed by atoms with E-state index in [0.717, 1.165) is 57.8 Å². The van der Waals surface area contributed by atoms with Crippen LogP contribution in [-0.2, 0) is 19.1 Å². The largest absolute Gasteiger partial charge is 0.490 e. The van der Waals surface area contributed by atoms with Gasteiger partial charge in [0, 0.05) is 38.0 Å². The molecule has 0 radical (unpaired) electrons. The molecular weight excluding hydrogens is 506 g/mol. The number of carboxylic acids is 2. The number of aromatic nitrogens is 1. The first-order valence-corrected chi connectivity index (χ1v) is 10.9. The first kappa shape index (κ1) is 29.6.